The third-order valence-corrected chi connectivity index (χ3v) is 4.74. The minimum atomic E-state index is 1.06. The summed E-state index contributed by atoms with van der Waals surface area (Å²) in [5.74, 6) is 1.11. The highest BCUT2D eigenvalue weighted by Crippen LogP contribution is 2.21. The molecule has 2 aromatic rings. The highest BCUT2D eigenvalue weighted by atomic mass is 79.9. The summed E-state index contributed by atoms with van der Waals surface area (Å²) in [6.07, 6.45) is 1.13. The lowest BCUT2D eigenvalue weighted by atomic mass is 10.2. The Bertz CT molecular complexity index is 457. The highest BCUT2D eigenvalue weighted by Gasteiger charge is 1.96. The maximum Gasteiger partial charge on any atom is 0.0186 e. The molecule has 1 heterocycles. The molecule has 96 valence electrons. The van der Waals surface area contributed by atoms with E-state index in [0.717, 1.165) is 29.7 Å². The largest absolute Gasteiger partial charge is 0.316 e. The van der Waals surface area contributed by atoms with E-state index in [1.54, 1.807) is 11.3 Å². The van der Waals surface area contributed by atoms with E-state index in [1.165, 1.54) is 10.5 Å². The molecule has 4 heteroatoms. The van der Waals surface area contributed by atoms with Crippen molar-refractivity contribution in [2.24, 2.45) is 0 Å². The molecule has 0 amide bonds. The molecule has 1 aromatic heterocycles. The molecule has 0 fully saturated rings. The molecule has 1 nitrogen and oxygen atoms in total. The van der Waals surface area contributed by atoms with E-state index >= 15 is 0 Å². The van der Waals surface area contributed by atoms with Crippen LogP contribution in [0.5, 0.6) is 0 Å². The lowest BCUT2D eigenvalue weighted by Crippen LogP contribution is -2.19. The lowest BCUT2D eigenvalue weighted by molar-refractivity contribution is 0.722. The Morgan fingerprint density at radius 3 is 2.94 bits per heavy atom. The molecule has 1 aromatic carbocycles. The summed E-state index contributed by atoms with van der Waals surface area (Å²) in [6, 6.07) is 10.7. The average Bonchev–Trinajstić information content (AvgIpc) is 2.87. The molecular weight excluding hydrogens is 326 g/mol. The van der Waals surface area contributed by atoms with Crippen LogP contribution in [-0.4, -0.2) is 18.8 Å². The van der Waals surface area contributed by atoms with Crippen molar-refractivity contribution in [2.45, 2.75) is 11.3 Å². The predicted octanol–water partition coefficient (Wildman–Crippen LogP) is 4.44. The van der Waals surface area contributed by atoms with Gasteiger partial charge in [0.25, 0.3) is 0 Å². The molecule has 0 saturated carbocycles. The van der Waals surface area contributed by atoms with Crippen LogP contribution in [0.1, 0.15) is 5.56 Å². The van der Waals surface area contributed by atoms with Crippen LogP contribution >= 0.6 is 39.0 Å². The van der Waals surface area contributed by atoms with E-state index in [2.05, 4.69) is 62.3 Å². The van der Waals surface area contributed by atoms with Gasteiger partial charge in [-0.25, -0.2) is 0 Å². The topological polar surface area (TPSA) is 12.0 Å². The normalized spacial score (nSPS) is 10.7. The third kappa shape index (κ3) is 5.14. The average molecular weight is 342 g/mol. The first-order valence-electron chi connectivity index (χ1n) is 5.95. The Hall–Kier alpha value is -0.290. The van der Waals surface area contributed by atoms with Gasteiger partial charge in [0, 0.05) is 21.7 Å². The Morgan fingerprint density at radius 1 is 1.22 bits per heavy atom. The smallest absolute Gasteiger partial charge is 0.0186 e. The molecular formula is C14H16BrNS2. The summed E-state index contributed by atoms with van der Waals surface area (Å²) in [4.78, 5) is 1.32. The van der Waals surface area contributed by atoms with Crippen molar-refractivity contribution in [1.29, 1.82) is 0 Å². The zero-order valence-electron chi connectivity index (χ0n) is 10.1. The third-order valence-electron chi connectivity index (χ3n) is 2.51. The number of rotatable bonds is 7. The number of hydrogen-bond acceptors (Lipinski definition) is 3. The second-order valence-electron chi connectivity index (χ2n) is 3.94. The van der Waals surface area contributed by atoms with Crippen LogP contribution in [0.15, 0.2) is 50.5 Å². The van der Waals surface area contributed by atoms with Gasteiger partial charge in [-0.05, 0) is 53.6 Å². The minimum absolute atomic E-state index is 1.06. The van der Waals surface area contributed by atoms with E-state index in [1.807, 2.05) is 11.8 Å². The van der Waals surface area contributed by atoms with Gasteiger partial charge >= 0.3 is 0 Å². The summed E-state index contributed by atoms with van der Waals surface area (Å²) in [5, 5.41) is 7.84. The van der Waals surface area contributed by atoms with Crippen LogP contribution in [-0.2, 0) is 6.42 Å². The van der Waals surface area contributed by atoms with Crippen LogP contribution in [0.3, 0.4) is 0 Å². The molecule has 0 saturated heterocycles. The van der Waals surface area contributed by atoms with Crippen LogP contribution in [0.4, 0.5) is 0 Å². The van der Waals surface area contributed by atoms with Gasteiger partial charge < -0.3 is 5.32 Å². The molecule has 0 aliphatic carbocycles. The van der Waals surface area contributed by atoms with Crippen LogP contribution in [0.25, 0.3) is 0 Å². The van der Waals surface area contributed by atoms with Gasteiger partial charge in [-0.2, -0.15) is 11.3 Å². The molecule has 18 heavy (non-hydrogen) atoms. The molecule has 0 aliphatic rings. The van der Waals surface area contributed by atoms with Gasteiger partial charge in [-0.1, -0.05) is 22.0 Å². The van der Waals surface area contributed by atoms with Gasteiger partial charge in [0.15, 0.2) is 0 Å². The zero-order chi connectivity index (χ0) is 12.6. The van der Waals surface area contributed by atoms with Crippen molar-refractivity contribution in [1.82, 2.24) is 5.32 Å². The fourth-order valence-corrected chi connectivity index (χ4v) is 3.71. The molecule has 0 spiro atoms. The molecule has 0 radical (unpaired) electrons. The molecule has 0 atom stereocenters. The second-order valence-corrected chi connectivity index (χ2v) is 6.80. The van der Waals surface area contributed by atoms with Crippen molar-refractivity contribution >= 4 is 39.0 Å². The first kappa shape index (κ1) is 14.1. The first-order valence-corrected chi connectivity index (χ1v) is 8.67. The van der Waals surface area contributed by atoms with Crippen LogP contribution in [0, 0.1) is 0 Å². The van der Waals surface area contributed by atoms with E-state index in [4.69, 9.17) is 0 Å². The maximum absolute atomic E-state index is 3.49. The van der Waals surface area contributed by atoms with Crippen molar-refractivity contribution in [3.63, 3.8) is 0 Å². The van der Waals surface area contributed by atoms with Gasteiger partial charge in [0.05, 0.1) is 0 Å². The summed E-state index contributed by atoms with van der Waals surface area (Å²) in [5.41, 5.74) is 1.44. The summed E-state index contributed by atoms with van der Waals surface area (Å²) in [7, 11) is 0. The Kier molecular flexibility index (Phi) is 6.28. The van der Waals surface area contributed by atoms with Crippen molar-refractivity contribution < 1.29 is 0 Å². The summed E-state index contributed by atoms with van der Waals surface area (Å²) < 4.78 is 1.15. The van der Waals surface area contributed by atoms with E-state index in [0.29, 0.717) is 0 Å². The van der Waals surface area contributed by atoms with E-state index < -0.39 is 0 Å². The quantitative estimate of drug-likeness (QED) is 0.590. The number of nitrogens with one attached hydrogen (secondary N) is 1. The maximum atomic E-state index is 3.49. The van der Waals surface area contributed by atoms with Gasteiger partial charge in [0.2, 0.25) is 0 Å². The predicted molar refractivity (Wildman–Crippen MR) is 85.8 cm³/mol. The molecule has 0 aliphatic heterocycles. The van der Waals surface area contributed by atoms with Crippen LogP contribution < -0.4 is 5.32 Å². The van der Waals surface area contributed by atoms with Crippen LogP contribution in [0.2, 0.25) is 0 Å². The number of thioether (sulfide) groups is 1. The summed E-state index contributed by atoms with van der Waals surface area (Å²) >= 11 is 7.15. The Labute approximate surface area is 125 Å². The van der Waals surface area contributed by atoms with E-state index in [9.17, 15) is 0 Å². The lowest BCUT2D eigenvalue weighted by Gasteiger charge is -2.04. The Morgan fingerprint density at radius 2 is 2.17 bits per heavy atom. The standard InChI is InChI=1S/C14H16BrNS2/c15-13-2-1-3-14(10-13)18-9-7-16-6-4-12-5-8-17-11-12/h1-3,5,8,10-11,16H,4,6-7,9H2. The zero-order valence-corrected chi connectivity index (χ0v) is 13.3. The van der Waals surface area contributed by atoms with Crippen molar-refractivity contribution in [3.8, 4) is 0 Å². The fraction of sp³-hybridized carbons (Fsp3) is 0.286. The SMILES string of the molecule is Brc1cccc(SCCNCCc2ccsc2)c1. The van der Waals surface area contributed by atoms with Crippen molar-refractivity contribution in [2.75, 3.05) is 18.8 Å². The van der Waals surface area contributed by atoms with Gasteiger partial charge in [0.1, 0.15) is 0 Å². The number of halogens is 1. The number of benzene rings is 1. The van der Waals surface area contributed by atoms with Crippen molar-refractivity contribution in [3.05, 3.63) is 51.1 Å². The molecule has 2 rings (SSSR count). The molecule has 0 bridgehead atoms. The highest BCUT2D eigenvalue weighted by molar-refractivity contribution is 9.10. The van der Waals surface area contributed by atoms with Gasteiger partial charge in [-0.3, -0.25) is 0 Å². The number of thiophene rings is 1. The molecule has 0 unspecified atom stereocenters. The first-order chi connectivity index (χ1) is 8.84. The fourth-order valence-electron chi connectivity index (χ4n) is 1.59. The van der Waals surface area contributed by atoms with Gasteiger partial charge in [-0.15, -0.1) is 11.8 Å². The monoisotopic (exact) mass is 341 g/mol. The number of hydrogen-bond donors (Lipinski definition) is 1. The molecule has 1 N–H and O–H groups in total. The van der Waals surface area contributed by atoms with E-state index in [-0.39, 0.29) is 0 Å². The second kappa shape index (κ2) is 8.00. The Balaban J connectivity index is 1.56. The minimum Gasteiger partial charge on any atom is -0.316 e. The summed E-state index contributed by atoms with van der Waals surface area (Å²) in [6.45, 7) is 2.12.